The van der Waals surface area contributed by atoms with Crippen LogP contribution < -0.4 is 5.32 Å². The van der Waals surface area contributed by atoms with Crippen LogP contribution in [0.1, 0.15) is 31.1 Å². The van der Waals surface area contributed by atoms with Crippen LogP contribution in [-0.2, 0) is 13.0 Å². The molecule has 0 amide bonds. The maximum Gasteiger partial charge on any atom is 0.117 e. The summed E-state index contributed by atoms with van der Waals surface area (Å²) in [5, 5.41) is 14.4. The van der Waals surface area contributed by atoms with Crippen LogP contribution in [0.2, 0.25) is 0 Å². The Labute approximate surface area is 101 Å². The summed E-state index contributed by atoms with van der Waals surface area (Å²) < 4.78 is 2.37. The number of hydrogen-bond acceptors (Lipinski definition) is 2. The van der Waals surface area contributed by atoms with Gasteiger partial charge in [-0.25, -0.2) is 0 Å². The van der Waals surface area contributed by atoms with Gasteiger partial charge in [-0.15, -0.1) is 0 Å². The molecule has 3 nitrogen and oxygen atoms in total. The maximum atomic E-state index is 9.67. The topological polar surface area (TPSA) is 37.2 Å². The minimum absolute atomic E-state index is 0.349. The first-order valence-electron chi connectivity index (χ1n) is 6.24. The Morgan fingerprint density at radius 3 is 2.94 bits per heavy atom. The highest BCUT2D eigenvalue weighted by atomic mass is 16.3. The Balaban J connectivity index is 2.38. The molecule has 2 heterocycles. The minimum atomic E-state index is 0.349. The van der Waals surface area contributed by atoms with E-state index in [9.17, 15) is 5.11 Å². The van der Waals surface area contributed by atoms with Crippen molar-refractivity contribution in [1.82, 2.24) is 9.88 Å². The molecule has 0 unspecified atom stereocenters. The van der Waals surface area contributed by atoms with Crippen molar-refractivity contribution in [3.63, 3.8) is 0 Å². The maximum absolute atomic E-state index is 9.67. The molecule has 0 radical (unpaired) electrons. The number of phenolic OH excluding ortho intramolecular Hbond substituents is 1. The van der Waals surface area contributed by atoms with E-state index in [-0.39, 0.29) is 0 Å². The third-order valence-corrected chi connectivity index (χ3v) is 3.56. The third kappa shape index (κ3) is 1.53. The van der Waals surface area contributed by atoms with Crippen molar-refractivity contribution in [2.45, 2.75) is 32.9 Å². The number of aromatic hydroxyl groups is 1. The highest BCUT2D eigenvalue weighted by Crippen LogP contribution is 2.33. The van der Waals surface area contributed by atoms with Gasteiger partial charge in [0.25, 0.3) is 0 Å². The lowest BCUT2D eigenvalue weighted by Crippen LogP contribution is -2.25. The molecule has 0 fully saturated rings. The van der Waals surface area contributed by atoms with Gasteiger partial charge in [-0.3, -0.25) is 0 Å². The Bertz CT molecular complexity index is 569. The zero-order chi connectivity index (χ0) is 12.0. The van der Waals surface area contributed by atoms with Crippen LogP contribution in [-0.4, -0.2) is 16.2 Å². The molecule has 3 rings (SSSR count). The molecule has 90 valence electrons. The first-order chi connectivity index (χ1) is 8.18. The van der Waals surface area contributed by atoms with Crippen LogP contribution >= 0.6 is 0 Å². The molecule has 3 heteroatoms. The summed E-state index contributed by atoms with van der Waals surface area (Å²) in [7, 11) is 0. The van der Waals surface area contributed by atoms with Gasteiger partial charge in [0.1, 0.15) is 5.75 Å². The van der Waals surface area contributed by atoms with Gasteiger partial charge >= 0.3 is 0 Å². The lowest BCUT2D eigenvalue weighted by molar-refractivity contribution is 0.475. The van der Waals surface area contributed by atoms with E-state index in [0.29, 0.717) is 11.8 Å². The van der Waals surface area contributed by atoms with Gasteiger partial charge in [0.2, 0.25) is 0 Å². The Morgan fingerprint density at radius 2 is 2.18 bits per heavy atom. The van der Waals surface area contributed by atoms with Crippen LogP contribution in [0.25, 0.3) is 10.9 Å². The summed E-state index contributed by atoms with van der Waals surface area (Å²) in [5.74, 6) is 0.349. The van der Waals surface area contributed by atoms with Crippen molar-refractivity contribution >= 4 is 10.9 Å². The summed E-state index contributed by atoms with van der Waals surface area (Å²) in [4.78, 5) is 0. The van der Waals surface area contributed by atoms with Gasteiger partial charge in [-0.2, -0.15) is 0 Å². The second-order valence-electron chi connectivity index (χ2n) is 5.02. The number of rotatable bonds is 1. The molecule has 0 saturated heterocycles. The second kappa shape index (κ2) is 3.77. The fraction of sp³-hybridized carbons (Fsp3) is 0.429. The van der Waals surface area contributed by atoms with Crippen molar-refractivity contribution in [1.29, 1.82) is 0 Å². The summed E-state index contributed by atoms with van der Waals surface area (Å²) >= 11 is 0. The molecule has 0 aliphatic carbocycles. The number of nitrogens with zero attached hydrogens (tertiary/aromatic N) is 1. The number of hydrogen-bond donors (Lipinski definition) is 2. The average molecular weight is 230 g/mol. The van der Waals surface area contributed by atoms with Crippen molar-refractivity contribution in [3.8, 4) is 5.75 Å². The van der Waals surface area contributed by atoms with E-state index < -0.39 is 0 Å². The monoisotopic (exact) mass is 230 g/mol. The molecule has 1 aliphatic rings. The molecule has 2 N–H and O–H groups in total. The SMILES string of the molecule is CC(C)n1c2c(c3ccc(O)cc31)CNCC2. The normalized spacial score (nSPS) is 15.5. The summed E-state index contributed by atoms with van der Waals surface area (Å²) in [6.07, 6.45) is 1.07. The minimum Gasteiger partial charge on any atom is -0.508 e. The van der Waals surface area contributed by atoms with Gasteiger partial charge in [-0.05, 0) is 31.5 Å². The first-order valence-corrected chi connectivity index (χ1v) is 6.24. The van der Waals surface area contributed by atoms with Crippen LogP contribution in [0, 0.1) is 0 Å². The van der Waals surface area contributed by atoms with Gasteiger partial charge in [0, 0.05) is 42.7 Å². The van der Waals surface area contributed by atoms with Crippen LogP contribution in [0.4, 0.5) is 0 Å². The van der Waals surface area contributed by atoms with Gasteiger partial charge < -0.3 is 15.0 Å². The predicted octanol–water partition coefficient (Wildman–Crippen LogP) is 2.57. The molecule has 1 aliphatic heterocycles. The molecule has 2 aromatic rings. The Hall–Kier alpha value is -1.48. The van der Waals surface area contributed by atoms with Crippen LogP contribution in [0.3, 0.4) is 0 Å². The smallest absolute Gasteiger partial charge is 0.117 e. The van der Waals surface area contributed by atoms with Gasteiger partial charge in [-0.1, -0.05) is 0 Å². The molecular weight excluding hydrogens is 212 g/mol. The van der Waals surface area contributed by atoms with E-state index >= 15 is 0 Å². The van der Waals surface area contributed by atoms with E-state index in [0.717, 1.165) is 25.0 Å². The lowest BCUT2D eigenvalue weighted by Gasteiger charge is -2.19. The fourth-order valence-corrected chi connectivity index (χ4v) is 2.90. The van der Waals surface area contributed by atoms with Crippen LogP contribution in [0.5, 0.6) is 5.75 Å². The van der Waals surface area contributed by atoms with Gasteiger partial charge in [0.15, 0.2) is 0 Å². The molecule has 0 bridgehead atoms. The zero-order valence-electron chi connectivity index (χ0n) is 10.3. The highest BCUT2D eigenvalue weighted by Gasteiger charge is 2.20. The predicted molar refractivity (Wildman–Crippen MR) is 69.4 cm³/mol. The number of fused-ring (bicyclic) bond motifs is 3. The molecule has 1 aromatic heterocycles. The Kier molecular flexibility index (Phi) is 2.37. The summed E-state index contributed by atoms with van der Waals surface area (Å²) in [6, 6.07) is 6.13. The summed E-state index contributed by atoms with van der Waals surface area (Å²) in [5.41, 5.74) is 3.99. The molecular formula is C14H18N2O. The van der Waals surface area contributed by atoms with Gasteiger partial charge in [0.05, 0.1) is 5.52 Å². The van der Waals surface area contributed by atoms with Crippen molar-refractivity contribution in [2.75, 3.05) is 6.54 Å². The molecule has 0 spiro atoms. The standard InChI is InChI=1S/C14H18N2O/c1-9(2)16-13-5-6-15-8-12(13)11-4-3-10(17)7-14(11)16/h3-4,7,9,15,17H,5-6,8H2,1-2H3. The number of nitrogens with one attached hydrogen (secondary N) is 1. The second-order valence-corrected chi connectivity index (χ2v) is 5.02. The Morgan fingerprint density at radius 1 is 1.35 bits per heavy atom. The highest BCUT2D eigenvalue weighted by molar-refractivity contribution is 5.87. The van der Waals surface area contributed by atoms with Crippen LogP contribution in [0.15, 0.2) is 18.2 Å². The van der Waals surface area contributed by atoms with E-state index in [4.69, 9.17) is 0 Å². The van der Waals surface area contributed by atoms with Crippen molar-refractivity contribution in [2.24, 2.45) is 0 Å². The quantitative estimate of drug-likeness (QED) is 0.790. The van der Waals surface area contributed by atoms with E-state index in [1.165, 1.54) is 16.6 Å². The number of aromatic nitrogens is 1. The largest absolute Gasteiger partial charge is 0.508 e. The number of benzene rings is 1. The lowest BCUT2D eigenvalue weighted by atomic mass is 10.1. The molecule has 17 heavy (non-hydrogen) atoms. The molecule has 0 saturated carbocycles. The first kappa shape index (κ1) is 10.7. The zero-order valence-corrected chi connectivity index (χ0v) is 10.3. The summed E-state index contributed by atoms with van der Waals surface area (Å²) in [6.45, 7) is 6.38. The van der Waals surface area contributed by atoms with Crippen molar-refractivity contribution in [3.05, 3.63) is 29.5 Å². The number of phenols is 1. The average Bonchev–Trinajstić information content (AvgIpc) is 2.62. The molecule has 0 atom stereocenters. The fourth-order valence-electron chi connectivity index (χ4n) is 2.90. The van der Waals surface area contributed by atoms with E-state index in [1.54, 1.807) is 6.07 Å². The molecule has 1 aromatic carbocycles. The third-order valence-electron chi connectivity index (χ3n) is 3.56. The van der Waals surface area contributed by atoms with E-state index in [2.05, 4.69) is 23.7 Å². The van der Waals surface area contributed by atoms with Crippen molar-refractivity contribution < 1.29 is 5.11 Å². The van der Waals surface area contributed by atoms with E-state index in [1.807, 2.05) is 12.1 Å².